The first-order valence-corrected chi connectivity index (χ1v) is 10.9. The number of nitrogens with two attached hydrogens (primary N) is 1. The van der Waals surface area contributed by atoms with E-state index in [4.69, 9.17) is 15.9 Å². The number of carboxylic acids is 2. The SMILES string of the molecule is CC(C)[C@H](N)C(=O)N[C@@H](CC(=O)O)C(=O)N[C@H](C(=O)N[C@@H](C)C(=O)N[C@H]([C]=O)CC(=O)O)C(C)C. The van der Waals surface area contributed by atoms with E-state index in [0.29, 0.717) is 0 Å². The van der Waals surface area contributed by atoms with Gasteiger partial charge in [-0.2, -0.15) is 0 Å². The average Bonchev–Trinajstić information content (AvgIpc) is 2.74. The lowest BCUT2D eigenvalue weighted by Crippen LogP contribution is -2.59. The van der Waals surface area contributed by atoms with E-state index < -0.39 is 84.5 Å². The molecule has 14 nitrogen and oxygen atoms in total. The number of carbonyl (C=O) groups is 6. The van der Waals surface area contributed by atoms with Gasteiger partial charge in [-0.25, -0.2) is 0 Å². The van der Waals surface area contributed by atoms with Crippen molar-refractivity contribution in [1.82, 2.24) is 21.3 Å². The van der Waals surface area contributed by atoms with Crippen LogP contribution in [0.2, 0.25) is 0 Å². The Bertz CT molecular complexity index is 815. The monoisotopic (exact) mass is 500 g/mol. The van der Waals surface area contributed by atoms with Crippen LogP contribution in [0.3, 0.4) is 0 Å². The highest BCUT2D eigenvalue weighted by atomic mass is 16.4. The third kappa shape index (κ3) is 11.4. The topological polar surface area (TPSA) is 234 Å². The van der Waals surface area contributed by atoms with E-state index >= 15 is 0 Å². The second kappa shape index (κ2) is 14.7. The second-order valence-electron chi connectivity index (χ2n) is 8.67. The number of hydrogen-bond donors (Lipinski definition) is 7. The van der Waals surface area contributed by atoms with Gasteiger partial charge in [0.15, 0.2) is 0 Å². The zero-order valence-electron chi connectivity index (χ0n) is 20.3. The van der Waals surface area contributed by atoms with Crippen LogP contribution >= 0.6 is 0 Å². The zero-order chi connectivity index (χ0) is 27.5. The molecule has 8 N–H and O–H groups in total. The van der Waals surface area contributed by atoms with Gasteiger partial charge < -0.3 is 37.2 Å². The van der Waals surface area contributed by atoms with Gasteiger partial charge in [0.1, 0.15) is 24.2 Å². The summed E-state index contributed by atoms with van der Waals surface area (Å²) in [6.45, 7) is 7.78. The summed E-state index contributed by atoms with van der Waals surface area (Å²) in [4.78, 5) is 82.7. The van der Waals surface area contributed by atoms with Crippen LogP contribution in [0.4, 0.5) is 0 Å². The summed E-state index contributed by atoms with van der Waals surface area (Å²) < 4.78 is 0. The van der Waals surface area contributed by atoms with Crippen molar-refractivity contribution in [3.63, 3.8) is 0 Å². The summed E-state index contributed by atoms with van der Waals surface area (Å²) in [5, 5.41) is 27.0. The lowest BCUT2D eigenvalue weighted by molar-refractivity contribution is -0.141. The van der Waals surface area contributed by atoms with E-state index in [-0.39, 0.29) is 5.92 Å². The Morgan fingerprint density at radius 3 is 1.69 bits per heavy atom. The van der Waals surface area contributed by atoms with Crippen LogP contribution in [0.5, 0.6) is 0 Å². The maximum absolute atomic E-state index is 12.7. The molecule has 0 rings (SSSR count). The Hall–Kier alpha value is -3.55. The minimum atomic E-state index is -1.51. The standard InChI is InChI=1S/C21H34N5O9/c1-9(2)16(22)20(34)25-13(7-15(30)31)19(33)26-17(10(3)4)21(35)23-11(5)18(32)24-12(8-27)6-14(28)29/h9-13,16-17H,6-7,22H2,1-5H3,(H,23,35)(H,24,32)(H,25,34)(H,26,33)(H,28,29)(H,30,31)/t11-,12-,13-,16-,17-/m0/s1. The summed E-state index contributed by atoms with van der Waals surface area (Å²) in [6, 6.07) is -6.37. The fraction of sp³-hybridized carbons (Fsp3) is 0.667. The van der Waals surface area contributed by atoms with E-state index in [0.717, 1.165) is 0 Å². The van der Waals surface area contributed by atoms with Crippen LogP contribution in [0.15, 0.2) is 0 Å². The molecule has 0 fully saturated rings. The molecule has 0 aliphatic heterocycles. The van der Waals surface area contributed by atoms with Gasteiger partial charge in [0, 0.05) is 0 Å². The molecular formula is C21H34N5O9. The predicted molar refractivity (Wildman–Crippen MR) is 121 cm³/mol. The van der Waals surface area contributed by atoms with Gasteiger partial charge in [0.05, 0.1) is 18.9 Å². The first-order chi connectivity index (χ1) is 16.1. The Balaban J connectivity index is 5.38. The minimum Gasteiger partial charge on any atom is -0.481 e. The van der Waals surface area contributed by atoms with Crippen molar-refractivity contribution >= 4 is 41.9 Å². The molecule has 197 valence electrons. The molecule has 0 aromatic carbocycles. The van der Waals surface area contributed by atoms with Gasteiger partial charge in [0.25, 0.3) is 0 Å². The largest absolute Gasteiger partial charge is 0.481 e. The first-order valence-electron chi connectivity index (χ1n) is 10.9. The van der Waals surface area contributed by atoms with Gasteiger partial charge in [-0.3, -0.25) is 33.6 Å². The van der Waals surface area contributed by atoms with Crippen molar-refractivity contribution < 1.29 is 43.8 Å². The Kier molecular flexibility index (Phi) is 13.2. The number of rotatable bonds is 15. The Labute approximate surface area is 202 Å². The molecule has 4 amide bonds. The Morgan fingerprint density at radius 1 is 0.714 bits per heavy atom. The lowest BCUT2D eigenvalue weighted by atomic mass is 10.0. The highest BCUT2D eigenvalue weighted by Gasteiger charge is 2.32. The third-order valence-corrected chi connectivity index (χ3v) is 4.87. The van der Waals surface area contributed by atoms with Crippen LogP contribution in [0.1, 0.15) is 47.5 Å². The van der Waals surface area contributed by atoms with Gasteiger partial charge in [-0.1, -0.05) is 27.7 Å². The average molecular weight is 501 g/mol. The smallest absolute Gasteiger partial charge is 0.305 e. The maximum Gasteiger partial charge on any atom is 0.305 e. The predicted octanol–water partition coefficient (Wildman–Crippen LogP) is -2.36. The van der Waals surface area contributed by atoms with Gasteiger partial charge >= 0.3 is 11.9 Å². The quantitative estimate of drug-likeness (QED) is 0.126. The fourth-order valence-electron chi connectivity index (χ4n) is 2.71. The molecule has 0 aromatic rings. The van der Waals surface area contributed by atoms with E-state index in [1.807, 2.05) is 0 Å². The third-order valence-electron chi connectivity index (χ3n) is 4.87. The lowest BCUT2D eigenvalue weighted by Gasteiger charge is -2.27. The molecule has 0 unspecified atom stereocenters. The van der Waals surface area contributed by atoms with Crippen LogP contribution in [0.25, 0.3) is 0 Å². The molecule has 0 heterocycles. The van der Waals surface area contributed by atoms with E-state index in [1.54, 1.807) is 27.7 Å². The van der Waals surface area contributed by atoms with Crippen molar-refractivity contribution in [2.24, 2.45) is 17.6 Å². The van der Waals surface area contributed by atoms with Crippen molar-refractivity contribution in [3.8, 4) is 0 Å². The molecule has 0 aromatic heterocycles. The molecular weight excluding hydrogens is 466 g/mol. The summed E-state index contributed by atoms with van der Waals surface area (Å²) in [7, 11) is 0. The van der Waals surface area contributed by atoms with Crippen molar-refractivity contribution in [2.75, 3.05) is 0 Å². The van der Waals surface area contributed by atoms with Crippen molar-refractivity contribution in [3.05, 3.63) is 0 Å². The number of hydrogen-bond acceptors (Lipinski definition) is 8. The van der Waals surface area contributed by atoms with Crippen molar-refractivity contribution in [1.29, 1.82) is 0 Å². The van der Waals surface area contributed by atoms with Gasteiger partial charge in [-0.15, -0.1) is 0 Å². The van der Waals surface area contributed by atoms with Crippen molar-refractivity contribution in [2.45, 2.75) is 77.7 Å². The first kappa shape index (κ1) is 31.4. The zero-order valence-corrected chi connectivity index (χ0v) is 20.3. The molecule has 0 bridgehead atoms. The Morgan fingerprint density at radius 2 is 1.26 bits per heavy atom. The number of aliphatic carboxylic acids is 2. The number of nitrogens with one attached hydrogen (secondary N) is 4. The minimum absolute atomic E-state index is 0.280. The molecule has 0 saturated carbocycles. The van der Waals surface area contributed by atoms with Crippen LogP contribution in [-0.4, -0.2) is 82.3 Å². The second-order valence-corrected chi connectivity index (χ2v) is 8.67. The molecule has 0 aliphatic carbocycles. The number of carboxylic acid groups (broad SMARTS) is 2. The summed E-state index contributed by atoms with van der Waals surface area (Å²) in [5.74, 6) is -6.85. The summed E-state index contributed by atoms with van der Waals surface area (Å²) in [6.07, 6.45) is -0.0858. The molecule has 0 spiro atoms. The van der Waals surface area contributed by atoms with Gasteiger partial charge in [-0.05, 0) is 18.8 Å². The normalized spacial score (nSPS) is 15.2. The van der Waals surface area contributed by atoms with Crippen LogP contribution in [-0.2, 0) is 33.6 Å². The molecule has 0 aliphatic rings. The molecule has 1 radical (unpaired) electrons. The highest BCUT2D eigenvalue weighted by Crippen LogP contribution is 2.06. The van der Waals surface area contributed by atoms with Gasteiger partial charge in [0.2, 0.25) is 29.9 Å². The maximum atomic E-state index is 12.7. The summed E-state index contributed by atoms with van der Waals surface area (Å²) >= 11 is 0. The fourth-order valence-corrected chi connectivity index (χ4v) is 2.71. The molecule has 35 heavy (non-hydrogen) atoms. The highest BCUT2D eigenvalue weighted by molar-refractivity contribution is 5.96. The number of carbonyl (C=O) groups excluding carboxylic acids is 5. The van der Waals surface area contributed by atoms with E-state index in [9.17, 15) is 33.6 Å². The molecule has 14 heteroatoms. The number of amides is 4. The van der Waals surface area contributed by atoms with Crippen LogP contribution < -0.4 is 27.0 Å². The van der Waals surface area contributed by atoms with E-state index in [1.165, 1.54) is 13.2 Å². The molecule has 0 saturated heterocycles. The summed E-state index contributed by atoms with van der Waals surface area (Å²) in [5.41, 5.74) is 5.74. The van der Waals surface area contributed by atoms with E-state index in [2.05, 4.69) is 21.3 Å². The van der Waals surface area contributed by atoms with Crippen LogP contribution in [0, 0.1) is 11.8 Å². The molecule has 5 atom stereocenters.